The molecule has 1 aliphatic rings. The lowest BCUT2D eigenvalue weighted by molar-refractivity contribution is 0.0981. The van der Waals surface area contributed by atoms with Crippen LogP contribution in [-0.2, 0) is 10.0 Å². The zero-order valence-corrected chi connectivity index (χ0v) is 24.2. The van der Waals surface area contributed by atoms with Gasteiger partial charge in [0.15, 0.2) is 0 Å². The molecule has 4 heterocycles. The van der Waals surface area contributed by atoms with Crippen LogP contribution in [0.2, 0.25) is 0 Å². The average molecular weight is 554 g/mol. The van der Waals surface area contributed by atoms with E-state index in [0.717, 1.165) is 12.0 Å². The largest absolute Gasteiger partial charge is 0.481 e. The Morgan fingerprint density at radius 1 is 1.10 bits per heavy atom. The summed E-state index contributed by atoms with van der Waals surface area (Å²) in [4.78, 5) is 28.8. The van der Waals surface area contributed by atoms with Gasteiger partial charge in [-0.15, -0.1) is 0 Å². The van der Waals surface area contributed by atoms with Crippen molar-refractivity contribution in [2.75, 3.05) is 18.6 Å². The molecule has 0 aromatic carbocycles. The van der Waals surface area contributed by atoms with Crippen LogP contribution in [0.4, 0.5) is 5.82 Å². The molecule has 0 radical (unpaired) electrons. The summed E-state index contributed by atoms with van der Waals surface area (Å²) in [5.74, 6) is 0.804. The highest BCUT2D eigenvalue weighted by Crippen LogP contribution is 2.38. The van der Waals surface area contributed by atoms with E-state index in [1.165, 1.54) is 19.2 Å². The molecule has 1 saturated heterocycles. The van der Waals surface area contributed by atoms with Crippen molar-refractivity contribution in [3.05, 3.63) is 53.9 Å². The Kier molecular flexibility index (Phi) is 7.83. The number of hydrogen-bond acceptors (Lipinski definition) is 9. The van der Waals surface area contributed by atoms with E-state index in [-0.39, 0.29) is 33.7 Å². The van der Waals surface area contributed by atoms with Crippen LogP contribution in [0.5, 0.6) is 11.8 Å². The summed E-state index contributed by atoms with van der Waals surface area (Å²) >= 11 is 0. The van der Waals surface area contributed by atoms with Crippen molar-refractivity contribution in [2.24, 2.45) is 5.92 Å². The SMILES string of the molecule is COc1ccc(S(=O)(=O)NC(=O)c2ccc(-c3ccc(OC(C)C)nc3)nc2N2C[C@@H](C)CC2(C)C)c(C)n1. The average Bonchev–Trinajstić information content (AvgIpc) is 3.14. The fourth-order valence-corrected chi connectivity index (χ4v) is 6.10. The number of hydrogen-bond donors (Lipinski definition) is 1. The molecule has 11 heteroatoms. The van der Waals surface area contributed by atoms with Gasteiger partial charge in [-0.25, -0.2) is 28.1 Å². The van der Waals surface area contributed by atoms with Crippen molar-refractivity contribution in [1.29, 1.82) is 0 Å². The molecule has 1 amide bonds. The van der Waals surface area contributed by atoms with Gasteiger partial charge in [-0.1, -0.05) is 6.92 Å². The van der Waals surface area contributed by atoms with E-state index in [4.69, 9.17) is 14.5 Å². The van der Waals surface area contributed by atoms with E-state index >= 15 is 0 Å². The highest BCUT2D eigenvalue weighted by Gasteiger charge is 2.39. The first-order chi connectivity index (χ1) is 18.3. The molecule has 3 aromatic rings. The first kappa shape index (κ1) is 28.3. The molecule has 0 unspecified atom stereocenters. The van der Waals surface area contributed by atoms with E-state index in [0.29, 0.717) is 29.9 Å². The number of amides is 1. The zero-order chi connectivity index (χ0) is 28.5. The van der Waals surface area contributed by atoms with Crippen molar-refractivity contribution < 1.29 is 22.7 Å². The predicted molar refractivity (Wildman–Crippen MR) is 149 cm³/mol. The lowest BCUT2D eigenvalue weighted by Crippen LogP contribution is -2.41. The van der Waals surface area contributed by atoms with Gasteiger partial charge >= 0.3 is 0 Å². The van der Waals surface area contributed by atoms with Gasteiger partial charge in [0.25, 0.3) is 15.9 Å². The van der Waals surface area contributed by atoms with Crippen molar-refractivity contribution in [1.82, 2.24) is 19.7 Å². The number of anilines is 1. The second kappa shape index (κ2) is 10.8. The lowest BCUT2D eigenvalue weighted by atomic mass is 9.97. The van der Waals surface area contributed by atoms with Gasteiger partial charge in [-0.3, -0.25) is 4.79 Å². The van der Waals surface area contributed by atoms with Gasteiger partial charge in [-0.05, 0) is 71.2 Å². The number of carbonyl (C=O) groups excluding carboxylic acids is 1. The number of rotatable bonds is 8. The quantitative estimate of drug-likeness (QED) is 0.433. The third-order valence-electron chi connectivity index (χ3n) is 6.57. The number of aromatic nitrogens is 3. The summed E-state index contributed by atoms with van der Waals surface area (Å²) in [6.07, 6.45) is 2.57. The summed E-state index contributed by atoms with van der Waals surface area (Å²) < 4.78 is 39.3. The maximum Gasteiger partial charge on any atom is 0.268 e. The van der Waals surface area contributed by atoms with Crippen molar-refractivity contribution in [3.63, 3.8) is 0 Å². The summed E-state index contributed by atoms with van der Waals surface area (Å²) in [6, 6.07) is 9.74. The first-order valence-electron chi connectivity index (χ1n) is 12.8. The summed E-state index contributed by atoms with van der Waals surface area (Å²) in [5, 5.41) is 0. The number of aryl methyl sites for hydroxylation is 1. The van der Waals surface area contributed by atoms with Crippen molar-refractivity contribution in [2.45, 2.75) is 64.5 Å². The summed E-state index contributed by atoms with van der Waals surface area (Å²) in [5.41, 5.74) is 1.45. The molecule has 0 aliphatic carbocycles. The predicted octanol–water partition coefficient (Wildman–Crippen LogP) is 4.39. The summed E-state index contributed by atoms with van der Waals surface area (Å²) in [6.45, 7) is 12.4. The molecule has 39 heavy (non-hydrogen) atoms. The van der Waals surface area contributed by atoms with Crippen LogP contribution in [0.1, 0.15) is 57.1 Å². The Balaban J connectivity index is 1.73. The Morgan fingerprint density at radius 2 is 1.82 bits per heavy atom. The van der Waals surface area contributed by atoms with E-state index in [2.05, 4.69) is 40.4 Å². The Hall–Kier alpha value is -3.73. The lowest BCUT2D eigenvalue weighted by Gasteiger charge is -2.34. The van der Waals surface area contributed by atoms with Crippen LogP contribution in [0.3, 0.4) is 0 Å². The zero-order valence-electron chi connectivity index (χ0n) is 23.3. The number of sulfonamides is 1. The number of nitrogens with one attached hydrogen (secondary N) is 1. The highest BCUT2D eigenvalue weighted by molar-refractivity contribution is 7.90. The van der Waals surface area contributed by atoms with Crippen LogP contribution in [-0.4, -0.2) is 54.6 Å². The van der Waals surface area contributed by atoms with Crippen LogP contribution in [0.25, 0.3) is 11.3 Å². The molecule has 0 spiro atoms. The topological polar surface area (TPSA) is 124 Å². The molecule has 0 saturated carbocycles. The second-order valence-corrected chi connectivity index (χ2v) is 12.4. The third kappa shape index (κ3) is 6.13. The van der Waals surface area contributed by atoms with Crippen LogP contribution < -0.4 is 19.1 Å². The Labute approximate surface area is 229 Å². The fraction of sp³-hybridized carbons (Fsp3) is 0.429. The molecule has 3 aromatic heterocycles. The smallest absolute Gasteiger partial charge is 0.268 e. The maximum atomic E-state index is 13.5. The van der Waals surface area contributed by atoms with Crippen LogP contribution >= 0.6 is 0 Å². The van der Waals surface area contributed by atoms with E-state index < -0.39 is 15.9 Å². The molecule has 10 nitrogen and oxygen atoms in total. The minimum absolute atomic E-state index is 0.000904. The highest BCUT2D eigenvalue weighted by atomic mass is 32.2. The third-order valence-corrected chi connectivity index (χ3v) is 8.04. The van der Waals surface area contributed by atoms with Gasteiger partial charge in [0.05, 0.1) is 30.2 Å². The number of carbonyl (C=O) groups is 1. The molecule has 4 rings (SSSR count). The molecule has 1 fully saturated rings. The van der Waals surface area contributed by atoms with Gasteiger partial charge in [0.2, 0.25) is 11.8 Å². The molecule has 1 aliphatic heterocycles. The first-order valence-corrected chi connectivity index (χ1v) is 14.3. The molecular weight excluding hydrogens is 518 g/mol. The molecule has 0 bridgehead atoms. The molecule has 208 valence electrons. The Bertz CT molecular complexity index is 1470. The molecule has 1 N–H and O–H groups in total. The van der Waals surface area contributed by atoms with Crippen molar-refractivity contribution >= 4 is 21.7 Å². The van der Waals surface area contributed by atoms with Crippen LogP contribution in [0, 0.1) is 12.8 Å². The standard InChI is InChI=1S/C28H35N5O5S/c1-17(2)38-24-12-8-20(15-29-24)22-10-9-21(26(31-22)33-16-18(3)14-28(33,5)6)27(34)32-39(35,36)23-11-13-25(37-7)30-19(23)4/h8-13,15,17-18H,14,16H2,1-7H3,(H,32,34)/t18-/m0/s1. The van der Waals surface area contributed by atoms with E-state index in [1.54, 1.807) is 31.3 Å². The number of pyridine rings is 3. The van der Waals surface area contributed by atoms with Gasteiger partial charge in [-0.2, -0.15) is 0 Å². The molecular formula is C28H35N5O5S. The normalized spacial score (nSPS) is 16.8. The van der Waals surface area contributed by atoms with Gasteiger partial charge in [0, 0.05) is 36.0 Å². The number of nitrogens with zero attached hydrogens (tertiary/aromatic N) is 4. The van der Waals surface area contributed by atoms with Gasteiger partial charge in [0.1, 0.15) is 10.7 Å². The number of methoxy groups -OCH3 is 1. The minimum Gasteiger partial charge on any atom is -0.481 e. The second-order valence-electron chi connectivity index (χ2n) is 10.7. The Morgan fingerprint density at radius 3 is 2.38 bits per heavy atom. The maximum absolute atomic E-state index is 13.5. The van der Waals surface area contributed by atoms with E-state index in [1.807, 2.05) is 19.9 Å². The monoisotopic (exact) mass is 553 g/mol. The fourth-order valence-electron chi connectivity index (χ4n) is 4.95. The minimum atomic E-state index is -4.21. The van der Waals surface area contributed by atoms with Gasteiger partial charge < -0.3 is 14.4 Å². The summed E-state index contributed by atoms with van der Waals surface area (Å²) in [7, 11) is -2.76. The van der Waals surface area contributed by atoms with E-state index in [9.17, 15) is 13.2 Å². The number of ether oxygens (including phenoxy) is 2. The molecule has 1 atom stereocenters. The van der Waals surface area contributed by atoms with Crippen LogP contribution in [0.15, 0.2) is 47.5 Å². The van der Waals surface area contributed by atoms with Crippen molar-refractivity contribution in [3.8, 4) is 23.0 Å².